The Morgan fingerprint density at radius 1 is 1.28 bits per heavy atom. The summed E-state index contributed by atoms with van der Waals surface area (Å²) in [4.78, 5) is 20.9. The summed E-state index contributed by atoms with van der Waals surface area (Å²) in [5.41, 5.74) is 2.15. The van der Waals surface area contributed by atoms with Gasteiger partial charge in [0, 0.05) is 26.3 Å². The summed E-state index contributed by atoms with van der Waals surface area (Å²) in [6.07, 6.45) is 10.2. The molecule has 0 radical (unpaired) electrons. The molecular weight excluding hydrogens is 382 g/mol. The van der Waals surface area contributed by atoms with Gasteiger partial charge in [-0.2, -0.15) is 0 Å². The zero-order chi connectivity index (χ0) is 21.1. The molecule has 2 aromatic rings. The Balaban J connectivity index is 1.82. The van der Waals surface area contributed by atoms with E-state index in [0.717, 1.165) is 48.5 Å². The van der Waals surface area contributed by atoms with E-state index in [4.69, 9.17) is 14.5 Å². The molecule has 0 bridgehead atoms. The Morgan fingerprint density at radius 3 is 2.66 bits per heavy atom. The van der Waals surface area contributed by atoms with Crippen LogP contribution in [-0.4, -0.2) is 41.6 Å². The first-order valence-corrected chi connectivity index (χ1v) is 14.4. The van der Waals surface area contributed by atoms with Crippen molar-refractivity contribution in [3.8, 4) is 5.88 Å². The SMILES string of the molecule is CC(C)(C=O)Cc1cn(COCC[Si](C)(C)C)c2ncc(OC3CCCC3)nc12. The molecule has 3 rings (SSSR count). The van der Waals surface area contributed by atoms with Crippen molar-refractivity contribution in [2.45, 2.75) is 84.5 Å². The van der Waals surface area contributed by atoms with Gasteiger partial charge in [-0.15, -0.1) is 0 Å². The molecule has 1 aliphatic rings. The van der Waals surface area contributed by atoms with Gasteiger partial charge in [0.25, 0.3) is 0 Å². The van der Waals surface area contributed by atoms with Crippen molar-refractivity contribution in [3.63, 3.8) is 0 Å². The van der Waals surface area contributed by atoms with E-state index in [2.05, 4.69) is 24.6 Å². The van der Waals surface area contributed by atoms with Crippen molar-refractivity contribution in [1.82, 2.24) is 14.5 Å². The monoisotopic (exact) mass is 417 g/mol. The van der Waals surface area contributed by atoms with Gasteiger partial charge in [-0.1, -0.05) is 33.5 Å². The molecule has 7 heteroatoms. The normalized spacial score (nSPS) is 15.9. The van der Waals surface area contributed by atoms with Gasteiger partial charge in [-0.25, -0.2) is 9.97 Å². The molecule has 2 aromatic heterocycles. The number of hydrogen-bond donors (Lipinski definition) is 0. The van der Waals surface area contributed by atoms with Crippen LogP contribution in [0.25, 0.3) is 11.2 Å². The number of rotatable bonds is 10. The molecule has 2 heterocycles. The molecule has 1 saturated carbocycles. The van der Waals surface area contributed by atoms with E-state index < -0.39 is 13.5 Å². The highest BCUT2D eigenvalue weighted by Crippen LogP contribution is 2.28. The quantitative estimate of drug-likeness (QED) is 0.315. The fraction of sp³-hybridized carbons (Fsp3) is 0.682. The van der Waals surface area contributed by atoms with Crippen LogP contribution in [0.4, 0.5) is 0 Å². The highest BCUT2D eigenvalue weighted by Gasteiger charge is 2.23. The van der Waals surface area contributed by atoms with Gasteiger partial charge in [0.1, 0.15) is 24.6 Å². The molecule has 0 atom stereocenters. The average molecular weight is 418 g/mol. The molecule has 0 aromatic carbocycles. The number of carbonyl (C=O) groups is 1. The standard InChI is InChI=1S/C22H35N3O3Si/c1-22(2,15-26)12-17-14-25(16-27-10-11-29(3,4)5)21-20(17)24-19(13-23-21)28-18-8-6-7-9-18/h13-15,18H,6-12,16H2,1-5H3. The van der Waals surface area contributed by atoms with Gasteiger partial charge < -0.3 is 18.8 Å². The molecule has 0 spiro atoms. The third-order valence-corrected chi connectivity index (χ3v) is 7.10. The van der Waals surface area contributed by atoms with Crippen molar-refractivity contribution in [2.75, 3.05) is 6.61 Å². The Hall–Kier alpha value is -1.73. The summed E-state index contributed by atoms with van der Waals surface area (Å²) in [6.45, 7) is 12.1. The maximum Gasteiger partial charge on any atom is 0.233 e. The zero-order valence-corrected chi connectivity index (χ0v) is 19.5. The Bertz CT molecular complexity index is 836. The Morgan fingerprint density at radius 2 is 2.00 bits per heavy atom. The number of aromatic nitrogens is 3. The van der Waals surface area contributed by atoms with Gasteiger partial charge in [0.05, 0.1) is 6.20 Å². The van der Waals surface area contributed by atoms with Crippen molar-refractivity contribution < 1.29 is 14.3 Å². The maximum atomic E-state index is 11.5. The number of ether oxygens (including phenoxy) is 2. The van der Waals surface area contributed by atoms with Gasteiger partial charge >= 0.3 is 0 Å². The first kappa shape index (κ1) is 22.0. The van der Waals surface area contributed by atoms with Crippen LogP contribution in [0.5, 0.6) is 5.88 Å². The van der Waals surface area contributed by atoms with E-state index in [9.17, 15) is 4.79 Å². The highest BCUT2D eigenvalue weighted by atomic mass is 28.3. The molecular formula is C22H35N3O3Si. The molecule has 0 N–H and O–H groups in total. The van der Waals surface area contributed by atoms with Gasteiger partial charge in [0.15, 0.2) is 5.65 Å². The lowest BCUT2D eigenvalue weighted by molar-refractivity contribution is -0.114. The summed E-state index contributed by atoms with van der Waals surface area (Å²) >= 11 is 0. The average Bonchev–Trinajstić information content (AvgIpc) is 3.26. The largest absolute Gasteiger partial charge is 0.473 e. The number of aldehydes is 1. The predicted molar refractivity (Wildman–Crippen MR) is 118 cm³/mol. The van der Waals surface area contributed by atoms with E-state index in [1.165, 1.54) is 12.8 Å². The molecule has 6 nitrogen and oxygen atoms in total. The van der Waals surface area contributed by atoms with Crippen molar-refractivity contribution >= 4 is 25.5 Å². The minimum Gasteiger partial charge on any atom is -0.473 e. The van der Waals surface area contributed by atoms with Crippen LogP contribution in [0.15, 0.2) is 12.4 Å². The second-order valence-electron chi connectivity index (χ2n) is 10.2. The van der Waals surface area contributed by atoms with Crippen LogP contribution < -0.4 is 4.74 Å². The van der Waals surface area contributed by atoms with Crippen molar-refractivity contribution in [1.29, 1.82) is 0 Å². The molecule has 0 aliphatic heterocycles. The van der Waals surface area contributed by atoms with E-state index in [1.54, 1.807) is 6.20 Å². The maximum absolute atomic E-state index is 11.5. The molecule has 160 valence electrons. The zero-order valence-electron chi connectivity index (χ0n) is 18.5. The lowest BCUT2D eigenvalue weighted by Crippen LogP contribution is -2.22. The van der Waals surface area contributed by atoms with E-state index in [1.807, 2.05) is 24.6 Å². The van der Waals surface area contributed by atoms with Crippen molar-refractivity contribution in [3.05, 3.63) is 18.0 Å². The Labute approximate surface area is 175 Å². The highest BCUT2D eigenvalue weighted by molar-refractivity contribution is 6.76. The van der Waals surface area contributed by atoms with Crippen LogP contribution >= 0.6 is 0 Å². The predicted octanol–water partition coefficient (Wildman–Crippen LogP) is 4.83. The first-order chi connectivity index (χ1) is 13.7. The Kier molecular flexibility index (Phi) is 6.78. The van der Waals surface area contributed by atoms with Crippen LogP contribution in [0.1, 0.15) is 45.1 Å². The fourth-order valence-electron chi connectivity index (χ4n) is 3.64. The second-order valence-corrected chi connectivity index (χ2v) is 15.8. The van der Waals surface area contributed by atoms with Crippen LogP contribution in [-0.2, 0) is 22.7 Å². The number of hydrogen-bond acceptors (Lipinski definition) is 5. The minimum absolute atomic E-state index is 0.239. The topological polar surface area (TPSA) is 66.2 Å². The summed E-state index contributed by atoms with van der Waals surface area (Å²) in [6, 6.07) is 1.13. The molecule has 0 amide bonds. The first-order valence-electron chi connectivity index (χ1n) is 10.7. The summed E-state index contributed by atoms with van der Waals surface area (Å²) in [5.74, 6) is 0.576. The fourth-order valence-corrected chi connectivity index (χ4v) is 4.39. The third-order valence-electron chi connectivity index (χ3n) is 5.40. The number of carbonyl (C=O) groups excluding carboxylic acids is 1. The summed E-state index contributed by atoms with van der Waals surface area (Å²) in [5, 5.41) is 0. The number of nitrogens with zero attached hydrogens (tertiary/aromatic N) is 3. The summed E-state index contributed by atoms with van der Waals surface area (Å²) < 4.78 is 14.0. The van der Waals surface area contributed by atoms with E-state index >= 15 is 0 Å². The molecule has 1 aliphatic carbocycles. The third kappa shape index (κ3) is 6.12. The minimum atomic E-state index is -1.12. The molecule has 0 unspecified atom stereocenters. The molecule has 0 saturated heterocycles. The lowest BCUT2D eigenvalue weighted by atomic mass is 9.88. The molecule has 1 fully saturated rings. The van der Waals surface area contributed by atoms with Crippen molar-refractivity contribution in [2.24, 2.45) is 5.41 Å². The van der Waals surface area contributed by atoms with E-state index in [0.29, 0.717) is 19.0 Å². The summed E-state index contributed by atoms with van der Waals surface area (Å²) in [7, 11) is -1.12. The molecule has 29 heavy (non-hydrogen) atoms. The van der Waals surface area contributed by atoms with Crippen LogP contribution in [0, 0.1) is 5.41 Å². The van der Waals surface area contributed by atoms with Gasteiger partial charge in [0.2, 0.25) is 5.88 Å². The van der Waals surface area contributed by atoms with Crippen LogP contribution in [0.2, 0.25) is 25.7 Å². The van der Waals surface area contributed by atoms with E-state index in [-0.39, 0.29) is 6.10 Å². The number of fused-ring (bicyclic) bond motifs is 1. The second kappa shape index (κ2) is 8.96. The van der Waals surface area contributed by atoms with Gasteiger partial charge in [-0.05, 0) is 43.7 Å². The lowest BCUT2D eigenvalue weighted by Gasteiger charge is -2.16. The van der Waals surface area contributed by atoms with Crippen LogP contribution in [0.3, 0.4) is 0 Å². The smallest absolute Gasteiger partial charge is 0.233 e. The van der Waals surface area contributed by atoms with Gasteiger partial charge in [-0.3, -0.25) is 0 Å².